The Kier molecular flexibility index (Phi) is 5.00. The molecule has 1 fully saturated rings. The summed E-state index contributed by atoms with van der Waals surface area (Å²) in [5.74, 6) is -0.316. The van der Waals surface area contributed by atoms with Crippen LogP contribution in [-0.2, 0) is 14.3 Å². The summed E-state index contributed by atoms with van der Waals surface area (Å²) >= 11 is 1.60. The van der Waals surface area contributed by atoms with Crippen molar-refractivity contribution in [3.05, 3.63) is 42.5 Å². The van der Waals surface area contributed by atoms with Crippen LogP contribution in [0.25, 0.3) is 20.8 Å². The summed E-state index contributed by atoms with van der Waals surface area (Å²) in [5.41, 5.74) is 2.50. The SMILES string of the molecule is CCOC(=O)[C@H]1CC(=O)N(c2cc(-c3nc4ccccc4s3)ccc2OC)C1. The molecule has 1 aromatic heterocycles. The first-order valence-corrected chi connectivity index (χ1v) is 9.93. The second-order valence-electron chi connectivity index (χ2n) is 6.53. The molecule has 1 saturated heterocycles. The molecule has 7 heteroatoms. The Labute approximate surface area is 166 Å². The van der Waals surface area contributed by atoms with Crippen LogP contribution in [0.3, 0.4) is 0 Å². The largest absolute Gasteiger partial charge is 0.495 e. The first kappa shape index (κ1) is 18.4. The van der Waals surface area contributed by atoms with Crippen LogP contribution in [0.4, 0.5) is 5.69 Å². The topological polar surface area (TPSA) is 68.7 Å². The molecule has 0 N–H and O–H groups in total. The van der Waals surface area contributed by atoms with Crippen molar-refractivity contribution in [1.82, 2.24) is 4.98 Å². The molecule has 1 atom stereocenters. The Balaban J connectivity index is 1.69. The van der Waals surface area contributed by atoms with Crippen LogP contribution in [0.1, 0.15) is 13.3 Å². The molecule has 1 amide bonds. The number of thiazole rings is 1. The zero-order valence-electron chi connectivity index (χ0n) is 15.7. The van der Waals surface area contributed by atoms with Crippen molar-refractivity contribution in [2.75, 3.05) is 25.2 Å². The second-order valence-corrected chi connectivity index (χ2v) is 7.56. The Morgan fingerprint density at radius 2 is 2.11 bits per heavy atom. The van der Waals surface area contributed by atoms with Crippen LogP contribution in [-0.4, -0.2) is 37.1 Å². The van der Waals surface area contributed by atoms with E-state index in [4.69, 9.17) is 14.5 Å². The number of benzene rings is 2. The summed E-state index contributed by atoms with van der Waals surface area (Å²) in [6.45, 7) is 2.36. The van der Waals surface area contributed by atoms with Crippen LogP contribution in [0, 0.1) is 5.92 Å². The summed E-state index contributed by atoms with van der Waals surface area (Å²) in [6.07, 6.45) is 0.146. The van der Waals surface area contributed by atoms with Crippen molar-refractivity contribution in [3.8, 4) is 16.3 Å². The third-order valence-corrected chi connectivity index (χ3v) is 5.84. The molecule has 0 aliphatic carbocycles. The number of carbonyl (C=O) groups excluding carboxylic acids is 2. The third kappa shape index (κ3) is 3.33. The lowest BCUT2D eigenvalue weighted by atomic mass is 10.1. The Morgan fingerprint density at radius 1 is 1.29 bits per heavy atom. The zero-order chi connectivity index (χ0) is 19.7. The first-order valence-electron chi connectivity index (χ1n) is 9.11. The molecule has 0 spiro atoms. The van der Waals surface area contributed by atoms with Gasteiger partial charge in [0.1, 0.15) is 10.8 Å². The molecule has 0 unspecified atom stereocenters. The van der Waals surface area contributed by atoms with Crippen molar-refractivity contribution in [2.45, 2.75) is 13.3 Å². The number of ether oxygens (including phenoxy) is 2. The minimum absolute atomic E-state index is 0.113. The molecule has 144 valence electrons. The average molecular weight is 396 g/mol. The van der Waals surface area contributed by atoms with Gasteiger partial charge < -0.3 is 14.4 Å². The quantitative estimate of drug-likeness (QED) is 0.612. The van der Waals surface area contributed by atoms with Gasteiger partial charge in [-0.05, 0) is 37.3 Å². The van der Waals surface area contributed by atoms with Gasteiger partial charge in [0.2, 0.25) is 5.91 Å². The summed E-state index contributed by atoms with van der Waals surface area (Å²) in [4.78, 5) is 31.0. The molecule has 0 saturated carbocycles. The monoisotopic (exact) mass is 396 g/mol. The normalized spacial score (nSPS) is 16.6. The highest BCUT2D eigenvalue weighted by atomic mass is 32.1. The smallest absolute Gasteiger partial charge is 0.311 e. The summed E-state index contributed by atoms with van der Waals surface area (Å²) < 4.78 is 11.7. The van der Waals surface area contributed by atoms with Crippen molar-refractivity contribution < 1.29 is 19.1 Å². The molecule has 3 aromatic rings. The molecule has 0 bridgehead atoms. The van der Waals surface area contributed by atoms with E-state index >= 15 is 0 Å². The fourth-order valence-corrected chi connectivity index (χ4v) is 4.35. The number of hydrogen-bond acceptors (Lipinski definition) is 6. The highest BCUT2D eigenvalue weighted by Gasteiger charge is 2.37. The average Bonchev–Trinajstić information content (AvgIpc) is 3.31. The number of esters is 1. The van der Waals surface area contributed by atoms with Crippen molar-refractivity contribution in [3.63, 3.8) is 0 Å². The number of para-hydroxylation sites is 1. The minimum atomic E-state index is -0.455. The molecule has 4 rings (SSSR count). The Bertz CT molecular complexity index is 1010. The molecule has 1 aliphatic rings. The molecule has 1 aliphatic heterocycles. The number of nitrogens with zero attached hydrogens (tertiary/aromatic N) is 2. The van der Waals surface area contributed by atoms with Crippen LogP contribution in [0.2, 0.25) is 0 Å². The number of hydrogen-bond donors (Lipinski definition) is 0. The third-order valence-electron chi connectivity index (χ3n) is 4.76. The van der Waals surface area contributed by atoms with Gasteiger partial charge in [0.25, 0.3) is 0 Å². The molecule has 28 heavy (non-hydrogen) atoms. The molecular weight excluding hydrogens is 376 g/mol. The van der Waals surface area contributed by atoms with E-state index in [2.05, 4.69) is 0 Å². The van der Waals surface area contributed by atoms with E-state index in [1.807, 2.05) is 42.5 Å². The molecule has 0 radical (unpaired) electrons. The lowest BCUT2D eigenvalue weighted by Gasteiger charge is -2.20. The second kappa shape index (κ2) is 7.59. The fourth-order valence-electron chi connectivity index (χ4n) is 3.39. The summed E-state index contributed by atoms with van der Waals surface area (Å²) in [7, 11) is 1.57. The maximum Gasteiger partial charge on any atom is 0.311 e. The van der Waals surface area contributed by atoms with Gasteiger partial charge in [0.05, 0.1) is 35.5 Å². The number of aromatic nitrogens is 1. The fraction of sp³-hybridized carbons (Fsp3) is 0.286. The number of fused-ring (bicyclic) bond motifs is 1. The van der Waals surface area contributed by atoms with Gasteiger partial charge in [0.15, 0.2) is 0 Å². The van der Waals surface area contributed by atoms with Crippen LogP contribution >= 0.6 is 11.3 Å². The van der Waals surface area contributed by atoms with Crippen LogP contribution < -0.4 is 9.64 Å². The van der Waals surface area contributed by atoms with Gasteiger partial charge in [-0.3, -0.25) is 9.59 Å². The van der Waals surface area contributed by atoms with E-state index in [1.165, 1.54) is 0 Å². The maximum atomic E-state index is 12.6. The molecule has 6 nitrogen and oxygen atoms in total. The number of amides is 1. The van der Waals surface area contributed by atoms with E-state index in [1.54, 1.807) is 30.3 Å². The standard InChI is InChI=1S/C21H20N2O4S/c1-3-27-21(25)14-11-19(24)23(12-14)16-10-13(8-9-17(16)26-2)20-22-15-6-4-5-7-18(15)28-20/h4-10,14H,3,11-12H2,1-2H3/t14-/m0/s1. The van der Waals surface area contributed by atoms with E-state index in [-0.39, 0.29) is 24.8 Å². The number of rotatable bonds is 5. The van der Waals surface area contributed by atoms with Gasteiger partial charge in [-0.25, -0.2) is 4.98 Å². The van der Waals surface area contributed by atoms with E-state index in [9.17, 15) is 9.59 Å². The predicted molar refractivity (Wildman–Crippen MR) is 109 cm³/mol. The summed E-state index contributed by atoms with van der Waals surface area (Å²) in [6, 6.07) is 13.6. The maximum absolute atomic E-state index is 12.6. The highest BCUT2D eigenvalue weighted by Crippen LogP contribution is 2.38. The number of anilines is 1. The Morgan fingerprint density at radius 3 is 2.86 bits per heavy atom. The highest BCUT2D eigenvalue weighted by molar-refractivity contribution is 7.21. The van der Waals surface area contributed by atoms with Gasteiger partial charge >= 0.3 is 5.97 Å². The summed E-state index contributed by atoms with van der Waals surface area (Å²) in [5, 5.41) is 0.874. The Hall–Kier alpha value is -2.93. The molecule has 2 aromatic carbocycles. The van der Waals surface area contributed by atoms with Gasteiger partial charge in [-0.1, -0.05) is 12.1 Å². The minimum Gasteiger partial charge on any atom is -0.495 e. The predicted octanol–water partition coefficient (Wildman–Crippen LogP) is 3.89. The van der Waals surface area contributed by atoms with Gasteiger partial charge in [0, 0.05) is 18.5 Å². The van der Waals surface area contributed by atoms with Crippen molar-refractivity contribution in [1.29, 1.82) is 0 Å². The lowest BCUT2D eigenvalue weighted by molar-refractivity contribution is -0.147. The molecule has 2 heterocycles. The lowest BCUT2D eigenvalue weighted by Crippen LogP contribution is -2.26. The number of carbonyl (C=O) groups is 2. The van der Waals surface area contributed by atoms with Gasteiger partial charge in [-0.2, -0.15) is 0 Å². The zero-order valence-corrected chi connectivity index (χ0v) is 16.5. The van der Waals surface area contributed by atoms with E-state index in [0.717, 1.165) is 20.8 Å². The van der Waals surface area contributed by atoms with Crippen LogP contribution in [0.5, 0.6) is 5.75 Å². The van der Waals surface area contributed by atoms with Crippen LogP contribution in [0.15, 0.2) is 42.5 Å². The van der Waals surface area contributed by atoms with Crippen molar-refractivity contribution >= 4 is 39.1 Å². The van der Waals surface area contributed by atoms with E-state index in [0.29, 0.717) is 18.0 Å². The molecular formula is C21H20N2O4S. The van der Waals surface area contributed by atoms with Gasteiger partial charge in [-0.15, -0.1) is 11.3 Å². The number of methoxy groups -OCH3 is 1. The first-order chi connectivity index (χ1) is 13.6. The van der Waals surface area contributed by atoms with E-state index < -0.39 is 5.92 Å². The van der Waals surface area contributed by atoms with Crippen molar-refractivity contribution in [2.24, 2.45) is 5.92 Å².